The van der Waals surface area contributed by atoms with E-state index in [1.165, 1.54) is 0 Å². The molecular formula is C17H19FN8. The summed E-state index contributed by atoms with van der Waals surface area (Å²) in [6.07, 6.45) is 8.85. The lowest BCUT2D eigenvalue weighted by atomic mass is 10.2. The molecule has 0 radical (unpaired) electrons. The number of imidazole rings is 1. The predicted octanol–water partition coefficient (Wildman–Crippen LogP) is 2.54. The Morgan fingerprint density at radius 2 is 1.96 bits per heavy atom. The van der Waals surface area contributed by atoms with E-state index in [2.05, 4.69) is 35.6 Å². The Kier molecular flexibility index (Phi) is 4.19. The second-order valence-corrected chi connectivity index (χ2v) is 6.35. The summed E-state index contributed by atoms with van der Waals surface area (Å²) in [7, 11) is 1.92. The van der Waals surface area contributed by atoms with E-state index in [0.717, 1.165) is 54.5 Å². The van der Waals surface area contributed by atoms with Crippen LogP contribution in [0.25, 0.3) is 0 Å². The van der Waals surface area contributed by atoms with Gasteiger partial charge in [0, 0.05) is 18.8 Å². The maximum absolute atomic E-state index is 13.0. The van der Waals surface area contributed by atoms with Gasteiger partial charge in [0.05, 0.1) is 30.5 Å². The van der Waals surface area contributed by atoms with E-state index in [1.807, 2.05) is 24.7 Å². The van der Waals surface area contributed by atoms with Crippen molar-refractivity contribution >= 4 is 17.6 Å². The van der Waals surface area contributed by atoms with E-state index >= 15 is 0 Å². The lowest BCUT2D eigenvalue weighted by Crippen LogP contribution is -2.14. The number of anilines is 3. The van der Waals surface area contributed by atoms with Gasteiger partial charge in [-0.15, -0.1) is 0 Å². The minimum absolute atomic E-state index is 0.252. The summed E-state index contributed by atoms with van der Waals surface area (Å²) in [6, 6.07) is -0.252. The smallest absolute Gasteiger partial charge is 0.225 e. The Balaban J connectivity index is 1.60. The average molecular weight is 354 g/mol. The Bertz CT molecular complexity index is 921. The van der Waals surface area contributed by atoms with E-state index in [-0.39, 0.29) is 6.04 Å². The fourth-order valence-electron chi connectivity index (χ4n) is 3.00. The Hall–Kier alpha value is -3.10. The van der Waals surface area contributed by atoms with E-state index in [1.54, 1.807) is 6.33 Å². The zero-order valence-electron chi connectivity index (χ0n) is 14.6. The normalized spacial score (nSPS) is 14.1. The maximum atomic E-state index is 13.0. The van der Waals surface area contributed by atoms with Crippen molar-refractivity contribution in [2.24, 2.45) is 7.05 Å². The third kappa shape index (κ3) is 3.32. The summed E-state index contributed by atoms with van der Waals surface area (Å²) in [4.78, 5) is 21.6. The molecule has 9 heteroatoms. The second kappa shape index (κ2) is 6.66. The first-order valence-electron chi connectivity index (χ1n) is 8.47. The van der Waals surface area contributed by atoms with Crippen LogP contribution in [0.4, 0.5) is 22.0 Å². The molecule has 3 aromatic heterocycles. The Morgan fingerprint density at radius 3 is 2.69 bits per heavy atom. The van der Waals surface area contributed by atoms with Crippen LogP contribution >= 0.6 is 0 Å². The molecule has 26 heavy (non-hydrogen) atoms. The molecule has 2 N–H and O–H groups in total. The highest BCUT2D eigenvalue weighted by Gasteiger charge is 2.21. The van der Waals surface area contributed by atoms with Crippen LogP contribution in [0.3, 0.4) is 0 Å². The molecule has 0 spiro atoms. The number of aromatic nitrogens is 6. The molecule has 0 aromatic carbocycles. The van der Waals surface area contributed by atoms with Gasteiger partial charge in [0.15, 0.2) is 5.82 Å². The summed E-state index contributed by atoms with van der Waals surface area (Å²) in [5, 5.41) is 6.49. The highest BCUT2D eigenvalue weighted by molar-refractivity contribution is 5.59. The van der Waals surface area contributed by atoms with Crippen molar-refractivity contribution in [1.82, 2.24) is 29.5 Å². The van der Waals surface area contributed by atoms with Gasteiger partial charge in [0.2, 0.25) is 5.95 Å². The molecule has 4 rings (SSSR count). The van der Waals surface area contributed by atoms with Crippen molar-refractivity contribution < 1.29 is 4.39 Å². The number of hydrogen-bond acceptors (Lipinski definition) is 7. The molecular weight excluding hydrogens is 335 g/mol. The fraction of sp³-hybridized carbons (Fsp3) is 0.353. The number of rotatable bonds is 5. The van der Waals surface area contributed by atoms with Crippen molar-refractivity contribution in [2.75, 3.05) is 10.6 Å². The molecule has 0 aliphatic heterocycles. The van der Waals surface area contributed by atoms with Gasteiger partial charge in [0.25, 0.3) is 0 Å². The SMILES string of the molecule is C[C@H](Nc1nc2c(c(Nc3cn(C)cn3)n1)CCC2)c1ncc(F)cn1. The molecule has 1 aliphatic carbocycles. The number of halogens is 1. The van der Waals surface area contributed by atoms with Crippen molar-refractivity contribution in [3.63, 3.8) is 0 Å². The van der Waals surface area contributed by atoms with Crippen molar-refractivity contribution in [3.8, 4) is 0 Å². The number of hydrogen-bond donors (Lipinski definition) is 2. The van der Waals surface area contributed by atoms with Crippen LogP contribution in [-0.4, -0.2) is 29.5 Å². The Labute approximate surface area is 150 Å². The Morgan fingerprint density at radius 1 is 1.15 bits per heavy atom. The monoisotopic (exact) mass is 354 g/mol. The van der Waals surface area contributed by atoms with Gasteiger partial charge in [-0.25, -0.2) is 24.3 Å². The minimum Gasteiger partial charge on any atom is -0.344 e. The number of nitrogens with zero attached hydrogens (tertiary/aromatic N) is 6. The lowest BCUT2D eigenvalue weighted by Gasteiger charge is -2.15. The van der Waals surface area contributed by atoms with Gasteiger partial charge < -0.3 is 15.2 Å². The largest absolute Gasteiger partial charge is 0.344 e. The van der Waals surface area contributed by atoms with Crippen molar-refractivity contribution in [3.05, 3.63) is 47.8 Å². The van der Waals surface area contributed by atoms with Crippen LogP contribution in [0.5, 0.6) is 0 Å². The van der Waals surface area contributed by atoms with Crippen molar-refractivity contribution in [2.45, 2.75) is 32.2 Å². The van der Waals surface area contributed by atoms with Gasteiger partial charge in [0.1, 0.15) is 17.5 Å². The minimum atomic E-state index is -0.462. The lowest BCUT2D eigenvalue weighted by molar-refractivity contribution is 0.604. The van der Waals surface area contributed by atoms with E-state index in [4.69, 9.17) is 0 Å². The number of fused-ring (bicyclic) bond motifs is 1. The van der Waals surface area contributed by atoms with E-state index < -0.39 is 5.82 Å². The van der Waals surface area contributed by atoms with Gasteiger partial charge >= 0.3 is 0 Å². The van der Waals surface area contributed by atoms with E-state index in [0.29, 0.717) is 11.8 Å². The fourth-order valence-corrected chi connectivity index (χ4v) is 3.00. The van der Waals surface area contributed by atoms with Crippen molar-refractivity contribution in [1.29, 1.82) is 0 Å². The third-order valence-electron chi connectivity index (χ3n) is 4.26. The van der Waals surface area contributed by atoms with Gasteiger partial charge in [-0.2, -0.15) is 4.98 Å². The molecule has 8 nitrogen and oxygen atoms in total. The highest BCUT2D eigenvalue weighted by Crippen LogP contribution is 2.29. The summed E-state index contributed by atoms with van der Waals surface area (Å²) in [5.41, 5.74) is 2.17. The van der Waals surface area contributed by atoms with Crippen LogP contribution in [0.2, 0.25) is 0 Å². The molecule has 0 saturated carbocycles. The predicted molar refractivity (Wildman–Crippen MR) is 94.6 cm³/mol. The van der Waals surface area contributed by atoms with Crippen LogP contribution in [-0.2, 0) is 19.9 Å². The van der Waals surface area contributed by atoms with Gasteiger partial charge in [-0.3, -0.25) is 0 Å². The third-order valence-corrected chi connectivity index (χ3v) is 4.26. The molecule has 0 fully saturated rings. The summed E-state index contributed by atoms with van der Waals surface area (Å²) in [5.74, 6) is 2.01. The molecule has 0 bridgehead atoms. The quantitative estimate of drug-likeness (QED) is 0.727. The first kappa shape index (κ1) is 16.4. The van der Waals surface area contributed by atoms with Crippen LogP contribution in [0, 0.1) is 5.82 Å². The summed E-state index contributed by atoms with van der Waals surface area (Å²) in [6.45, 7) is 1.88. The van der Waals surface area contributed by atoms with Gasteiger partial charge in [-0.05, 0) is 26.2 Å². The molecule has 134 valence electrons. The zero-order valence-corrected chi connectivity index (χ0v) is 14.6. The zero-order chi connectivity index (χ0) is 18.1. The molecule has 1 atom stereocenters. The number of aryl methyl sites for hydroxylation is 2. The highest BCUT2D eigenvalue weighted by atomic mass is 19.1. The molecule has 1 aliphatic rings. The number of nitrogens with one attached hydrogen (secondary N) is 2. The first-order valence-corrected chi connectivity index (χ1v) is 8.47. The maximum Gasteiger partial charge on any atom is 0.225 e. The molecule has 0 unspecified atom stereocenters. The van der Waals surface area contributed by atoms with Crippen LogP contribution in [0.15, 0.2) is 24.9 Å². The van der Waals surface area contributed by atoms with Crippen LogP contribution < -0.4 is 10.6 Å². The molecule has 0 amide bonds. The molecule has 3 heterocycles. The standard InChI is InChI=1S/C17H19FN8/c1-10(15-19-6-11(18)7-20-15)22-17-23-13-5-3-4-12(13)16(25-17)24-14-8-26(2)9-21-14/h6-10H,3-5H2,1-2H3,(H2,22,23,24,25)/t10-/m0/s1. The van der Waals surface area contributed by atoms with Crippen LogP contribution in [0.1, 0.15) is 36.5 Å². The summed E-state index contributed by atoms with van der Waals surface area (Å²) >= 11 is 0. The average Bonchev–Trinajstić information content (AvgIpc) is 3.24. The first-order chi connectivity index (χ1) is 12.6. The van der Waals surface area contributed by atoms with Gasteiger partial charge in [-0.1, -0.05) is 0 Å². The topological polar surface area (TPSA) is 93.4 Å². The van der Waals surface area contributed by atoms with E-state index in [9.17, 15) is 4.39 Å². The summed E-state index contributed by atoms with van der Waals surface area (Å²) < 4.78 is 14.9. The second-order valence-electron chi connectivity index (χ2n) is 6.35. The molecule has 0 saturated heterocycles. The molecule has 3 aromatic rings.